The highest BCUT2D eigenvalue weighted by atomic mass is 32.4. The Labute approximate surface area is 184 Å². The largest absolute Gasteiger partial charge is 0.374 e. The number of rotatable bonds is 4. The summed E-state index contributed by atoms with van der Waals surface area (Å²) in [5, 5.41) is 10.1. The molecule has 1 saturated heterocycles. The second kappa shape index (κ2) is 7.51. The molecule has 1 atom stereocenters. The quantitative estimate of drug-likeness (QED) is 0.612. The van der Waals surface area contributed by atoms with E-state index in [1.165, 1.54) is 23.9 Å². The van der Waals surface area contributed by atoms with Crippen molar-refractivity contribution >= 4 is 35.4 Å². The molecule has 1 unspecified atom stereocenters. The van der Waals surface area contributed by atoms with Crippen LogP contribution in [0.2, 0.25) is 0 Å². The van der Waals surface area contributed by atoms with Gasteiger partial charge in [-0.05, 0) is 67.2 Å². The van der Waals surface area contributed by atoms with Crippen LogP contribution in [0.4, 0.5) is 11.5 Å². The van der Waals surface area contributed by atoms with Crippen molar-refractivity contribution in [2.45, 2.75) is 39.5 Å². The van der Waals surface area contributed by atoms with Crippen LogP contribution in [0.1, 0.15) is 39.5 Å². The zero-order valence-electron chi connectivity index (χ0n) is 17.6. The molecule has 0 amide bonds. The summed E-state index contributed by atoms with van der Waals surface area (Å²) in [7, 11) is 0. The first kappa shape index (κ1) is 19.8. The number of likely N-dealkylation sites (tertiary alicyclic amines) is 1. The number of anilines is 2. The first-order chi connectivity index (χ1) is 14.5. The maximum absolute atomic E-state index is 6.52. The first-order valence-corrected chi connectivity index (χ1v) is 13.4. The molecule has 0 spiro atoms. The summed E-state index contributed by atoms with van der Waals surface area (Å²) in [6.45, 7) is 6.94. The number of para-hydroxylation sites is 1. The van der Waals surface area contributed by atoms with Crippen molar-refractivity contribution in [3.8, 4) is 0 Å². The lowest BCUT2D eigenvalue weighted by atomic mass is 9.78. The number of pyridine rings is 1. The standard InChI is InChI=1S/C23H28N5PS/c1-23(2)16-19-22(20(17-23)27-14-8-9-15-27)29(30,26-21-12-6-7-13-24-21)28(25-19)18-10-4-3-5-11-18/h3-7,10-13H,8-9,14-17H2,1-2H3,(H,24,26,30). The molecule has 3 heterocycles. The normalized spacial score (nSPS) is 25.3. The van der Waals surface area contributed by atoms with Gasteiger partial charge in [0.15, 0.2) is 6.34 Å². The minimum absolute atomic E-state index is 0.179. The van der Waals surface area contributed by atoms with Gasteiger partial charge < -0.3 is 9.99 Å². The molecule has 156 valence electrons. The van der Waals surface area contributed by atoms with Gasteiger partial charge in [0.05, 0.1) is 16.7 Å². The van der Waals surface area contributed by atoms with Crippen LogP contribution < -0.4 is 9.87 Å². The van der Waals surface area contributed by atoms with E-state index in [0.29, 0.717) is 0 Å². The molecular weight excluding hydrogens is 409 g/mol. The van der Waals surface area contributed by atoms with Crippen LogP contribution in [-0.2, 0) is 11.8 Å². The highest BCUT2D eigenvalue weighted by Crippen LogP contribution is 2.66. The molecule has 5 rings (SSSR count). The molecular formula is C23H28N5PS. The Morgan fingerprint density at radius 1 is 1.00 bits per heavy atom. The van der Waals surface area contributed by atoms with Crippen LogP contribution in [0, 0.1) is 5.41 Å². The minimum atomic E-state index is -2.43. The van der Waals surface area contributed by atoms with Crippen molar-refractivity contribution in [2.24, 2.45) is 10.5 Å². The summed E-state index contributed by atoms with van der Waals surface area (Å²) < 4.78 is 2.10. The van der Waals surface area contributed by atoms with Gasteiger partial charge in [0.1, 0.15) is 5.82 Å². The Kier molecular flexibility index (Phi) is 4.95. The molecule has 5 nitrogen and oxygen atoms in total. The van der Waals surface area contributed by atoms with Crippen LogP contribution in [0.15, 0.2) is 70.8 Å². The van der Waals surface area contributed by atoms with E-state index in [9.17, 15) is 0 Å². The third kappa shape index (κ3) is 3.46. The average molecular weight is 438 g/mol. The number of fused-ring (bicyclic) bond motifs is 1. The topological polar surface area (TPSA) is 43.8 Å². The van der Waals surface area contributed by atoms with E-state index in [-0.39, 0.29) is 5.41 Å². The molecule has 3 aliphatic rings. The molecule has 1 fully saturated rings. The van der Waals surface area contributed by atoms with E-state index in [1.807, 2.05) is 30.5 Å². The van der Waals surface area contributed by atoms with Gasteiger partial charge in [0.2, 0.25) is 0 Å². The van der Waals surface area contributed by atoms with Crippen LogP contribution >= 0.6 is 6.34 Å². The highest BCUT2D eigenvalue weighted by Gasteiger charge is 2.47. The summed E-state index contributed by atoms with van der Waals surface area (Å²) in [6.07, 6.45) is 3.88. The van der Waals surface area contributed by atoms with Crippen molar-refractivity contribution in [2.75, 3.05) is 23.0 Å². The van der Waals surface area contributed by atoms with Gasteiger partial charge in [-0.1, -0.05) is 38.1 Å². The maximum atomic E-state index is 6.52. The molecule has 0 saturated carbocycles. The number of nitrogens with one attached hydrogen (secondary N) is 1. The van der Waals surface area contributed by atoms with Gasteiger partial charge in [-0.25, -0.2) is 9.76 Å². The van der Waals surface area contributed by atoms with E-state index in [4.69, 9.17) is 16.9 Å². The monoisotopic (exact) mass is 437 g/mol. The smallest absolute Gasteiger partial charge is 0.176 e. The number of hydrogen-bond acceptors (Lipinski definition) is 4. The van der Waals surface area contributed by atoms with Crippen LogP contribution in [-0.4, -0.2) is 28.7 Å². The van der Waals surface area contributed by atoms with Crippen molar-refractivity contribution < 1.29 is 0 Å². The maximum Gasteiger partial charge on any atom is 0.176 e. The molecule has 1 aliphatic carbocycles. The summed E-state index contributed by atoms with van der Waals surface area (Å²) in [4.78, 5) is 7.11. The number of nitrogens with zero attached hydrogens (tertiary/aromatic N) is 4. The van der Waals surface area contributed by atoms with Crippen molar-refractivity contribution in [1.82, 2.24) is 9.88 Å². The van der Waals surface area contributed by atoms with Gasteiger partial charge in [-0.3, -0.25) is 0 Å². The van der Waals surface area contributed by atoms with E-state index < -0.39 is 6.34 Å². The zero-order valence-corrected chi connectivity index (χ0v) is 19.3. The van der Waals surface area contributed by atoms with E-state index >= 15 is 0 Å². The van der Waals surface area contributed by atoms with Gasteiger partial charge in [-0.15, -0.1) is 0 Å². The van der Waals surface area contributed by atoms with Crippen molar-refractivity contribution in [1.29, 1.82) is 0 Å². The number of benzene rings is 1. The fourth-order valence-electron chi connectivity index (χ4n) is 4.73. The highest BCUT2D eigenvalue weighted by molar-refractivity contribution is 8.18. The molecule has 2 aliphatic heterocycles. The van der Waals surface area contributed by atoms with Crippen molar-refractivity contribution in [3.05, 3.63) is 65.7 Å². The Bertz CT molecular complexity index is 1040. The molecule has 7 heteroatoms. The molecule has 0 radical (unpaired) electrons. The average Bonchev–Trinajstić information content (AvgIpc) is 3.35. The Morgan fingerprint density at radius 3 is 2.43 bits per heavy atom. The zero-order chi connectivity index (χ0) is 20.8. The lowest BCUT2D eigenvalue weighted by Gasteiger charge is -2.39. The van der Waals surface area contributed by atoms with E-state index in [0.717, 1.165) is 43.1 Å². The predicted octanol–water partition coefficient (Wildman–Crippen LogP) is 5.81. The van der Waals surface area contributed by atoms with Gasteiger partial charge in [0.25, 0.3) is 0 Å². The fraction of sp³-hybridized carbons (Fsp3) is 0.391. The molecule has 2 aromatic rings. The van der Waals surface area contributed by atoms with Crippen molar-refractivity contribution in [3.63, 3.8) is 0 Å². The fourth-order valence-corrected chi connectivity index (χ4v) is 8.61. The minimum Gasteiger partial charge on any atom is -0.374 e. The number of allylic oxidation sites excluding steroid dienone is 2. The van der Waals surface area contributed by atoms with E-state index in [2.05, 4.69) is 57.9 Å². The third-order valence-corrected chi connectivity index (χ3v) is 9.82. The molecule has 30 heavy (non-hydrogen) atoms. The first-order valence-electron chi connectivity index (χ1n) is 10.7. The second-order valence-electron chi connectivity index (χ2n) is 9.08. The lowest BCUT2D eigenvalue weighted by molar-refractivity contribution is 0.304. The lowest BCUT2D eigenvalue weighted by Crippen LogP contribution is -2.32. The van der Waals surface area contributed by atoms with Crippen LogP contribution in [0.25, 0.3) is 0 Å². The summed E-state index contributed by atoms with van der Waals surface area (Å²) in [6, 6.07) is 16.3. The molecule has 1 aromatic heterocycles. The SMILES string of the molecule is CC1(C)CC2=NN(c3ccccc3)P(=S)(Nc3ccccn3)C2=C(N2CCCC2)C1. The number of hydrogen-bond donors (Lipinski definition) is 1. The van der Waals surface area contributed by atoms with Gasteiger partial charge in [0, 0.05) is 25.0 Å². The Hall–Kier alpha value is -2.17. The number of aromatic nitrogens is 1. The van der Waals surface area contributed by atoms with E-state index in [1.54, 1.807) is 0 Å². The Balaban J connectivity index is 1.69. The van der Waals surface area contributed by atoms with Crippen LogP contribution in [0.5, 0.6) is 0 Å². The summed E-state index contributed by atoms with van der Waals surface area (Å²) in [5.74, 6) is 0.816. The second-order valence-corrected chi connectivity index (χ2v) is 12.9. The molecule has 1 aromatic carbocycles. The molecule has 1 N–H and O–H groups in total. The van der Waals surface area contributed by atoms with Crippen LogP contribution in [0.3, 0.4) is 0 Å². The summed E-state index contributed by atoms with van der Waals surface area (Å²) >= 11 is 6.52. The Morgan fingerprint density at radius 2 is 1.73 bits per heavy atom. The molecule has 0 bridgehead atoms. The summed E-state index contributed by atoms with van der Waals surface area (Å²) in [5.41, 5.74) is 3.78. The van der Waals surface area contributed by atoms with Gasteiger partial charge in [-0.2, -0.15) is 5.10 Å². The predicted molar refractivity (Wildman–Crippen MR) is 129 cm³/mol. The van der Waals surface area contributed by atoms with Gasteiger partial charge >= 0.3 is 0 Å². The number of hydrazone groups is 1. The third-order valence-electron chi connectivity index (χ3n) is 6.03.